The van der Waals surface area contributed by atoms with Crippen molar-refractivity contribution in [1.82, 2.24) is 9.36 Å². The van der Waals surface area contributed by atoms with Gasteiger partial charge in [0.05, 0.1) is 0 Å². The zero-order valence-corrected chi connectivity index (χ0v) is 13.2. The highest BCUT2D eigenvalue weighted by molar-refractivity contribution is 7.09. The molecule has 0 aliphatic heterocycles. The highest BCUT2D eigenvalue weighted by atomic mass is 32.1. The molecular formula is C15H21FN4S. The third kappa shape index (κ3) is 4.47. The molecule has 1 unspecified atom stereocenters. The molecule has 0 aliphatic carbocycles. The first-order chi connectivity index (χ1) is 10.1. The molecule has 2 rings (SSSR count). The van der Waals surface area contributed by atoms with Crippen LogP contribution in [0.3, 0.4) is 0 Å². The van der Waals surface area contributed by atoms with E-state index in [4.69, 9.17) is 5.73 Å². The molecule has 1 aromatic carbocycles. The van der Waals surface area contributed by atoms with Crippen LogP contribution in [0.4, 0.5) is 9.52 Å². The molecule has 0 bridgehead atoms. The molecule has 3 N–H and O–H groups in total. The lowest BCUT2D eigenvalue weighted by atomic mass is 10.1. The molecule has 1 aromatic heterocycles. The molecule has 2 aromatic rings. The summed E-state index contributed by atoms with van der Waals surface area (Å²) in [5.74, 6) is 0.580. The van der Waals surface area contributed by atoms with Gasteiger partial charge in [-0.3, -0.25) is 0 Å². The number of halogens is 1. The Hall–Kier alpha value is -1.53. The summed E-state index contributed by atoms with van der Waals surface area (Å²) in [5.41, 5.74) is 7.26. The molecule has 0 saturated heterocycles. The van der Waals surface area contributed by atoms with E-state index in [1.165, 1.54) is 17.6 Å². The molecule has 0 amide bonds. The van der Waals surface area contributed by atoms with Crippen LogP contribution in [0.25, 0.3) is 0 Å². The average Bonchev–Trinajstić information content (AvgIpc) is 2.89. The summed E-state index contributed by atoms with van der Waals surface area (Å²) >= 11 is 1.36. The molecule has 0 spiro atoms. The Kier molecular flexibility index (Phi) is 5.64. The van der Waals surface area contributed by atoms with Crippen molar-refractivity contribution in [2.45, 2.75) is 39.2 Å². The van der Waals surface area contributed by atoms with Gasteiger partial charge in [-0.25, -0.2) is 9.37 Å². The van der Waals surface area contributed by atoms with Crippen LogP contribution in [-0.2, 0) is 6.42 Å². The molecule has 4 nitrogen and oxygen atoms in total. The monoisotopic (exact) mass is 308 g/mol. The van der Waals surface area contributed by atoms with E-state index in [-0.39, 0.29) is 5.82 Å². The van der Waals surface area contributed by atoms with Crippen LogP contribution in [0, 0.1) is 12.7 Å². The summed E-state index contributed by atoms with van der Waals surface area (Å²) in [4.78, 5) is 4.49. The van der Waals surface area contributed by atoms with E-state index in [2.05, 4.69) is 21.6 Å². The average molecular weight is 308 g/mol. The van der Waals surface area contributed by atoms with Crippen LogP contribution >= 0.6 is 11.5 Å². The minimum absolute atomic E-state index is 0.181. The summed E-state index contributed by atoms with van der Waals surface area (Å²) < 4.78 is 17.6. The van der Waals surface area contributed by atoms with Crippen molar-refractivity contribution in [1.29, 1.82) is 0 Å². The van der Waals surface area contributed by atoms with Gasteiger partial charge in [0, 0.05) is 24.0 Å². The molecule has 0 radical (unpaired) electrons. The van der Waals surface area contributed by atoms with Gasteiger partial charge in [0.15, 0.2) is 0 Å². The second-order valence-electron chi connectivity index (χ2n) is 5.10. The van der Waals surface area contributed by atoms with Gasteiger partial charge >= 0.3 is 0 Å². The van der Waals surface area contributed by atoms with Gasteiger partial charge in [0.25, 0.3) is 0 Å². The van der Waals surface area contributed by atoms with Crippen LogP contribution in [0.1, 0.15) is 36.7 Å². The predicted octanol–water partition coefficient (Wildman–Crippen LogP) is 3.12. The Balaban J connectivity index is 2.00. The van der Waals surface area contributed by atoms with Crippen molar-refractivity contribution in [2.24, 2.45) is 5.73 Å². The van der Waals surface area contributed by atoms with Gasteiger partial charge in [-0.05, 0) is 43.5 Å². The van der Waals surface area contributed by atoms with Crippen molar-refractivity contribution in [3.8, 4) is 0 Å². The number of nitrogens with two attached hydrogens (primary N) is 1. The summed E-state index contributed by atoms with van der Waals surface area (Å²) in [6.07, 6.45) is 2.54. The zero-order chi connectivity index (χ0) is 15.2. The lowest BCUT2D eigenvalue weighted by molar-refractivity contribution is 0.617. The van der Waals surface area contributed by atoms with Crippen molar-refractivity contribution in [3.63, 3.8) is 0 Å². The maximum Gasteiger partial charge on any atom is 0.202 e. The minimum atomic E-state index is -0.181. The molecular weight excluding hydrogens is 287 g/mol. The first kappa shape index (κ1) is 15.9. The van der Waals surface area contributed by atoms with Gasteiger partial charge in [-0.2, -0.15) is 4.37 Å². The fourth-order valence-corrected chi connectivity index (χ4v) is 2.80. The van der Waals surface area contributed by atoms with Gasteiger partial charge in [-0.15, -0.1) is 0 Å². The van der Waals surface area contributed by atoms with E-state index >= 15 is 0 Å². The van der Waals surface area contributed by atoms with Gasteiger partial charge in [0.1, 0.15) is 11.6 Å². The third-order valence-electron chi connectivity index (χ3n) is 3.39. The van der Waals surface area contributed by atoms with Gasteiger partial charge < -0.3 is 11.1 Å². The Bertz CT molecular complexity index is 585. The Morgan fingerprint density at radius 3 is 2.90 bits per heavy atom. The number of hydrogen-bond acceptors (Lipinski definition) is 5. The first-order valence-corrected chi connectivity index (χ1v) is 7.94. The highest BCUT2D eigenvalue weighted by Gasteiger charge is 2.10. The lowest BCUT2D eigenvalue weighted by Crippen LogP contribution is -2.22. The van der Waals surface area contributed by atoms with Crippen LogP contribution < -0.4 is 11.1 Å². The first-order valence-electron chi connectivity index (χ1n) is 7.16. The van der Waals surface area contributed by atoms with E-state index in [0.29, 0.717) is 24.6 Å². The molecule has 21 heavy (non-hydrogen) atoms. The molecule has 1 atom stereocenters. The summed E-state index contributed by atoms with van der Waals surface area (Å²) in [5, 5.41) is 4.18. The van der Waals surface area contributed by atoms with Gasteiger partial charge in [-0.1, -0.05) is 19.1 Å². The quantitative estimate of drug-likeness (QED) is 0.825. The molecule has 0 fully saturated rings. The topological polar surface area (TPSA) is 63.8 Å². The third-order valence-corrected chi connectivity index (χ3v) is 4.07. The van der Waals surface area contributed by atoms with Crippen molar-refractivity contribution in [3.05, 3.63) is 41.0 Å². The zero-order valence-electron chi connectivity index (χ0n) is 12.4. The number of anilines is 1. The van der Waals surface area contributed by atoms with Crippen LogP contribution in [-0.4, -0.2) is 21.9 Å². The normalized spacial score (nSPS) is 12.4. The highest BCUT2D eigenvalue weighted by Crippen LogP contribution is 2.18. The van der Waals surface area contributed by atoms with Crippen LogP contribution in [0.15, 0.2) is 18.2 Å². The summed E-state index contributed by atoms with van der Waals surface area (Å²) in [6.45, 7) is 4.54. The Labute approximate surface area is 128 Å². The number of nitrogens with zero attached hydrogens (tertiary/aromatic N) is 2. The minimum Gasteiger partial charge on any atom is -0.358 e. The van der Waals surface area contributed by atoms with E-state index in [0.717, 1.165) is 29.4 Å². The van der Waals surface area contributed by atoms with Gasteiger partial charge in [0.2, 0.25) is 5.13 Å². The molecule has 0 saturated carbocycles. The number of rotatable bonds is 7. The van der Waals surface area contributed by atoms with E-state index in [1.54, 1.807) is 13.0 Å². The van der Waals surface area contributed by atoms with Crippen LogP contribution in [0.5, 0.6) is 0 Å². The van der Waals surface area contributed by atoms with E-state index in [9.17, 15) is 4.39 Å². The van der Waals surface area contributed by atoms with Crippen molar-refractivity contribution < 1.29 is 4.39 Å². The number of hydrogen-bond donors (Lipinski definition) is 2. The maximum absolute atomic E-state index is 13.2. The van der Waals surface area contributed by atoms with Crippen molar-refractivity contribution >= 4 is 16.7 Å². The summed E-state index contributed by atoms with van der Waals surface area (Å²) in [7, 11) is 0. The second kappa shape index (κ2) is 7.47. The Morgan fingerprint density at radius 2 is 2.24 bits per heavy atom. The molecule has 0 aliphatic rings. The number of aryl methyl sites for hydroxylation is 1. The fourth-order valence-electron chi connectivity index (χ4n) is 2.14. The molecule has 114 valence electrons. The molecule has 6 heteroatoms. The number of benzene rings is 1. The SMILES string of the molecule is CCC(CCN)Nc1nc(Cc2ccc(F)c(C)c2)ns1. The molecule has 1 heterocycles. The number of aromatic nitrogens is 2. The predicted molar refractivity (Wildman–Crippen MR) is 85.2 cm³/mol. The van der Waals surface area contributed by atoms with Crippen molar-refractivity contribution in [2.75, 3.05) is 11.9 Å². The Morgan fingerprint density at radius 1 is 1.43 bits per heavy atom. The fraction of sp³-hybridized carbons (Fsp3) is 0.467. The summed E-state index contributed by atoms with van der Waals surface area (Å²) in [6, 6.07) is 5.45. The smallest absolute Gasteiger partial charge is 0.202 e. The standard InChI is InChI=1S/C15H21FN4S/c1-3-12(6-7-17)18-15-19-14(20-21-15)9-11-4-5-13(16)10(2)8-11/h4-5,8,12H,3,6-7,9,17H2,1-2H3,(H,18,19,20). The van der Waals surface area contributed by atoms with Crippen LogP contribution in [0.2, 0.25) is 0 Å². The number of nitrogens with one attached hydrogen (secondary N) is 1. The van der Waals surface area contributed by atoms with E-state index < -0.39 is 0 Å². The largest absolute Gasteiger partial charge is 0.358 e. The second-order valence-corrected chi connectivity index (χ2v) is 5.85. The maximum atomic E-state index is 13.2. The lowest BCUT2D eigenvalue weighted by Gasteiger charge is -2.14. The van der Waals surface area contributed by atoms with E-state index in [1.807, 2.05) is 6.07 Å².